The summed E-state index contributed by atoms with van der Waals surface area (Å²) < 4.78 is 5.62. The van der Waals surface area contributed by atoms with Crippen LogP contribution in [0, 0.1) is 10.1 Å². The zero-order chi connectivity index (χ0) is 20.7. The van der Waals surface area contributed by atoms with Crippen LogP contribution in [0.3, 0.4) is 0 Å². The van der Waals surface area contributed by atoms with Crippen molar-refractivity contribution in [2.24, 2.45) is 0 Å². The molecule has 0 spiro atoms. The molecule has 0 amide bonds. The van der Waals surface area contributed by atoms with Crippen LogP contribution in [0.4, 0.5) is 5.69 Å². The number of halogens is 1. The van der Waals surface area contributed by atoms with Crippen molar-refractivity contribution in [3.63, 3.8) is 0 Å². The van der Waals surface area contributed by atoms with E-state index in [9.17, 15) is 14.9 Å². The zero-order valence-corrected chi connectivity index (χ0v) is 18.9. The van der Waals surface area contributed by atoms with Gasteiger partial charge in [-0.05, 0) is 45.3 Å². The molecule has 1 fully saturated rings. The molecule has 3 rings (SSSR count). The third kappa shape index (κ3) is 5.41. The molecule has 1 aromatic heterocycles. The van der Waals surface area contributed by atoms with E-state index in [0.717, 1.165) is 16.9 Å². The van der Waals surface area contributed by atoms with Crippen LogP contribution in [0.15, 0.2) is 34.1 Å². The summed E-state index contributed by atoms with van der Waals surface area (Å²) >= 11 is 4.11. The van der Waals surface area contributed by atoms with E-state index in [1.54, 1.807) is 0 Å². The molecular weight excluding hydrogens is 442 g/mol. The van der Waals surface area contributed by atoms with Gasteiger partial charge in [-0.3, -0.25) is 10.1 Å². The molecule has 0 bridgehead atoms. The number of hydrogen-bond donors (Lipinski definition) is 0. The molecule has 0 atom stereocenters. The number of hydrogen-bond acceptors (Lipinski definition) is 5. The van der Waals surface area contributed by atoms with Crippen molar-refractivity contribution < 1.29 is 14.5 Å². The lowest BCUT2D eigenvalue weighted by atomic mass is 9.71. The summed E-state index contributed by atoms with van der Waals surface area (Å²) in [7, 11) is 0. The van der Waals surface area contributed by atoms with Gasteiger partial charge in [0.15, 0.2) is 0 Å². The van der Waals surface area contributed by atoms with Crippen molar-refractivity contribution in [1.82, 2.24) is 0 Å². The van der Waals surface area contributed by atoms with Gasteiger partial charge in [0.25, 0.3) is 5.69 Å². The Kier molecular flexibility index (Phi) is 8.19. The maximum Gasteiger partial charge on any atom is 0.348 e. The van der Waals surface area contributed by atoms with E-state index in [4.69, 9.17) is 4.74 Å². The lowest BCUT2D eigenvalue weighted by molar-refractivity contribution is -0.385. The lowest BCUT2D eigenvalue weighted by Crippen LogP contribution is -2.24. The summed E-state index contributed by atoms with van der Waals surface area (Å²) in [6, 6.07) is 9.48. The van der Waals surface area contributed by atoms with Gasteiger partial charge in [-0.1, -0.05) is 64.3 Å². The average molecular weight is 468 g/mol. The van der Waals surface area contributed by atoms with Crippen molar-refractivity contribution >= 4 is 38.9 Å². The molecule has 28 heavy (non-hydrogen) atoms. The first-order valence-electron chi connectivity index (χ1n) is 9.59. The molecule has 7 heteroatoms. The van der Waals surface area contributed by atoms with Crippen LogP contribution in [0.2, 0.25) is 0 Å². The molecule has 0 saturated heterocycles. The maximum absolute atomic E-state index is 12.1. The van der Waals surface area contributed by atoms with Gasteiger partial charge in [0.05, 0.1) is 4.92 Å². The van der Waals surface area contributed by atoms with Crippen LogP contribution in [0.1, 0.15) is 73.7 Å². The summed E-state index contributed by atoms with van der Waals surface area (Å²) in [6.07, 6.45) is 6.30. The topological polar surface area (TPSA) is 69.4 Å². The number of benzene rings is 1. The minimum absolute atomic E-state index is 0.118. The van der Waals surface area contributed by atoms with Gasteiger partial charge >= 0.3 is 5.97 Å². The fourth-order valence-electron chi connectivity index (χ4n) is 3.43. The first kappa shape index (κ1) is 22.6. The van der Waals surface area contributed by atoms with E-state index in [1.807, 2.05) is 26.0 Å². The Morgan fingerprint density at radius 1 is 1.21 bits per heavy atom. The minimum atomic E-state index is -0.549. The van der Waals surface area contributed by atoms with E-state index in [0.29, 0.717) is 3.79 Å². The van der Waals surface area contributed by atoms with Gasteiger partial charge < -0.3 is 4.74 Å². The number of nitrogens with zero attached hydrogens (tertiary/aromatic N) is 1. The summed E-state index contributed by atoms with van der Waals surface area (Å²) in [6.45, 7) is 6.47. The normalized spacial score (nSPS) is 15.3. The Morgan fingerprint density at radius 3 is 2.36 bits per heavy atom. The molecule has 1 aliphatic carbocycles. The fraction of sp³-hybridized carbons (Fsp3) is 0.476. The average Bonchev–Trinajstić information content (AvgIpc) is 3.11. The maximum atomic E-state index is 12.1. The number of carbonyl (C=O) groups excluding carboxylic acids is 1. The fourth-order valence-corrected chi connectivity index (χ4v) is 4.95. The smallest absolute Gasteiger partial charge is 0.348 e. The van der Waals surface area contributed by atoms with Gasteiger partial charge in [0.1, 0.15) is 15.3 Å². The van der Waals surface area contributed by atoms with Crippen molar-refractivity contribution in [3.05, 3.63) is 60.2 Å². The SMILES string of the molecule is CC.CC1(c2ccc(COC(=O)c3cc([N+](=O)[O-])c(Br)s3)cc2)CCCCC1. The highest BCUT2D eigenvalue weighted by Gasteiger charge is 2.28. The number of ether oxygens (including phenoxy) is 1. The van der Waals surface area contributed by atoms with Crippen LogP contribution in [-0.2, 0) is 16.8 Å². The van der Waals surface area contributed by atoms with Gasteiger partial charge in [-0.2, -0.15) is 0 Å². The van der Waals surface area contributed by atoms with Gasteiger partial charge in [0, 0.05) is 6.07 Å². The third-order valence-electron chi connectivity index (χ3n) is 5.04. The number of carbonyl (C=O) groups is 1. The van der Waals surface area contributed by atoms with Crippen LogP contribution in [-0.4, -0.2) is 10.9 Å². The van der Waals surface area contributed by atoms with Crippen LogP contribution < -0.4 is 0 Å². The highest BCUT2D eigenvalue weighted by Crippen LogP contribution is 2.39. The Morgan fingerprint density at radius 2 is 1.82 bits per heavy atom. The summed E-state index contributed by atoms with van der Waals surface area (Å²) in [5.74, 6) is -0.549. The second-order valence-corrected chi connectivity index (χ2v) is 9.29. The Balaban J connectivity index is 0.00000136. The minimum Gasteiger partial charge on any atom is -0.457 e. The molecule has 152 valence electrons. The largest absolute Gasteiger partial charge is 0.457 e. The van der Waals surface area contributed by atoms with Crippen molar-refractivity contribution in [2.75, 3.05) is 0 Å². The number of nitro groups is 1. The molecule has 0 aliphatic heterocycles. The molecule has 0 N–H and O–H groups in total. The van der Waals surface area contributed by atoms with Crippen molar-refractivity contribution in [1.29, 1.82) is 0 Å². The first-order chi connectivity index (χ1) is 13.4. The third-order valence-corrected chi connectivity index (χ3v) is 6.83. The number of esters is 1. The van der Waals surface area contributed by atoms with E-state index in [1.165, 1.54) is 43.7 Å². The monoisotopic (exact) mass is 467 g/mol. The Labute approximate surface area is 178 Å². The molecular formula is C21H26BrNO4S. The van der Waals surface area contributed by atoms with E-state index in [-0.39, 0.29) is 22.6 Å². The molecule has 1 saturated carbocycles. The standard InChI is InChI=1S/C19H20BrNO4S.C2H6/c1-19(9-3-2-4-10-19)14-7-5-13(6-8-14)12-25-18(22)16-11-15(21(23)24)17(20)26-16;1-2/h5-8,11H,2-4,9-10,12H2,1H3;1-2H3. The van der Waals surface area contributed by atoms with E-state index in [2.05, 4.69) is 35.0 Å². The molecule has 1 aromatic carbocycles. The molecule has 1 heterocycles. The molecule has 1 aliphatic rings. The zero-order valence-electron chi connectivity index (χ0n) is 16.5. The van der Waals surface area contributed by atoms with Crippen LogP contribution in [0.5, 0.6) is 0 Å². The van der Waals surface area contributed by atoms with Crippen LogP contribution >= 0.6 is 27.3 Å². The second kappa shape index (κ2) is 10.2. The summed E-state index contributed by atoms with van der Waals surface area (Å²) in [5.41, 5.74) is 2.37. The van der Waals surface area contributed by atoms with Crippen molar-refractivity contribution in [3.8, 4) is 0 Å². The summed E-state index contributed by atoms with van der Waals surface area (Å²) in [5, 5.41) is 10.9. The quantitative estimate of drug-likeness (QED) is 0.269. The van der Waals surface area contributed by atoms with Gasteiger partial charge in [0.2, 0.25) is 0 Å². The number of rotatable bonds is 5. The number of thiophene rings is 1. The Bertz CT molecular complexity index is 810. The molecule has 5 nitrogen and oxygen atoms in total. The van der Waals surface area contributed by atoms with Crippen LogP contribution in [0.25, 0.3) is 0 Å². The Hall–Kier alpha value is -1.73. The molecule has 0 unspecified atom stereocenters. The predicted octanol–water partition coefficient (Wildman–Crippen LogP) is 7.02. The van der Waals surface area contributed by atoms with Crippen molar-refractivity contribution in [2.45, 2.75) is 64.9 Å². The predicted molar refractivity (Wildman–Crippen MR) is 116 cm³/mol. The second-order valence-electron chi connectivity index (χ2n) is 6.92. The van der Waals surface area contributed by atoms with Gasteiger partial charge in [-0.15, -0.1) is 11.3 Å². The first-order valence-corrected chi connectivity index (χ1v) is 11.2. The van der Waals surface area contributed by atoms with E-state index >= 15 is 0 Å². The summed E-state index contributed by atoms with van der Waals surface area (Å²) in [4.78, 5) is 22.7. The lowest BCUT2D eigenvalue weighted by Gasteiger charge is -2.34. The molecule has 2 aromatic rings. The highest BCUT2D eigenvalue weighted by molar-refractivity contribution is 9.11. The molecule has 0 radical (unpaired) electrons. The van der Waals surface area contributed by atoms with Gasteiger partial charge in [-0.25, -0.2) is 4.79 Å². The van der Waals surface area contributed by atoms with E-state index < -0.39 is 10.9 Å². The highest BCUT2D eigenvalue weighted by atomic mass is 79.9.